The average Bonchev–Trinajstić information content (AvgIpc) is 3.09. The second-order valence-corrected chi connectivity index (χ2v) is 12.7. The fourth-order valence-electron chi connectivity index (χ4n) is 7.33. The van der Waals surface area contributed by atoms with Crippen molar-refractivity contribution in [2.45, 2.75) is 70.3 Å². The van der Waals surface area contributed by atoms with Gasteiger partial charge in [-0.1, -0.05) is 79.7 Å². The Balaban J connectivity index is 1.32. The Kier molecular flexibility index (Phi) is 11.0. The number of nitro benzene ring substituents is 1. The van der Waals surface area contributed by atoms with Crippen LogP contribution in [0, 0.1) is 10.1 Å². The summed E-state index contributed by atoms with van der Waals surface area (Å²) in [7, 11) is 0. The molecule has 2 atom stereocenters. The number of carbonyl (C=O) groups is 2. The number of non-ortho nitro benzene ring substituents is 1. The predicted molar refractivity (Wildman–Crippen MR) is 185 cm³/mol. The molecule has 0 radical (unpaired) electrons. The van der Waals surface area contributed by atoms with Crippen molar-refractivity contribution in [2.75, 3.05) is 26.2 Å². The first-order valence-corrected chi connectivity index (χ1v) is 16.6. The molecule has 0 spiro atoms. The van der Waals surface area contributed by atoms with E-state index in [1.54, 1.807) is 17.0 Å². The molecule has 246 valence electrons. The lowest BCUT2D eigenvalue weighted by atomic mass is 9.68. The van der Waals surface area contributed by atoms with Crippen LogP contribution in [0.3, 0.4) is 0 Å². The number of allylic oxidation sites excluding steroid dienone is 1. The van der Waals surface area contributed by atoms with Crippen LogP contribution in [0.1, 0.15) is 75.5 Å². The maximum atomic E-state index is 12.8. The Morgan fingerprint density at radius 1 is 1.00 bits per heavy atom. The molecule has 47 heavy (non-hydrogen) atoms. The fourth-order valence-corrected chi connectivity index (χ4v) is 7.33. The molecule has 5 rings (SSSR count). The maximum absolute atomic E-state index is 12.8. The summed E-state index contributed by atoms with van der Waals surface area (Å²) in [5.41, 5.74) is 5.60. The van der Waals surface area contributed by atoms with E-state index in [2.05, 4.69) is 70.9 Å². The number of amides is 2. The Morgan fingerprint density at radius 2 is 1.60 bits per heavy atom. The highest BCUT2D eigenvalue weighted by molar-refractivity contribution is 5.94. The highest BCUT2D eigenvalue weighted by Crippen LogP contribution is 2.42. The van der Waals surface area contributed by atoms with Gasteiger partial charge < -0.3 is 15.1 Å². The van der Waals surface area contributed by atoms with E-state index in [9.17, 15) is 19.7 Å². The third-order valence-corrected chi connectivity index (χ3v) is 9.72. The minimum Gasteiger partial charge on any atom is -0.347 e. The Labute approximate surface area is 277 Å². The molecular weight excluding hydrogens is 590 g/mol. The minimum atomic E-state index is -0.483. The number of nitrogens with one attached hydrogen (secondary N) is 1. The number of nitrogens with zero attached hydrogens (tertiary/aromatic N) is 4. The van der Waals surface area contributed by atoms with Gasteiger partial charge >= 0.3 is 0 Å². The van der Waals surface area contributed by atoms with Crippen LogP contribution in [0.15, 0.2) is 101 Å². The van der Waals surface area contributed by atoms with Crippen molar-refractivity contribution in [3.63, 3.8) is 0 Å². The molecule has 2 heterocycles. The van der Waals surface area contributed by atoms with Gasteiger partial charge in [-0.15, -0.1) is 0 Å². The van der Waals surface area contributed by atoms with Gasteiger partial charge in [-0.25, -0.2) is 0 Å². The third kappa shape index (κ3) is 7.52. The Bertz CT molecular complexity index is 1550. The summed E-state index contributed by atoms with van der Waals surface area (Å²) in [5, 5.41) is 14.5. The van der Waals surface area contributed by atoms with Crippen LogP contribution in [-0.4, -0.2) is 65.0 Å². The number of carbonyl (C=O) groups excluding carboxylic acids is 2. The number of likely N-dealkylation sites (tertiary alicyclic amines) is 1. The number of benzene rings is 3. The monoisotopic (exact) mass is 635 g/mol. The molecule has 3 aromatic carbocycles. The largest absolute Gasteiger partial charge is 0.347 e. The molecule has 2 amide bonds. The van der Waals surface area contributed by atoms with Crippen LogP contribution in [0.4, 0.5) is 5.69 Å². The van der Waals surface area contributed by atoms with E-state index < -0.39 is 16.9 Å². The number of nitro groups is 1. The molecule has 2 aliphatic heterocycles. The van der Waals surface area contributed by atoms with Gasteiger partial charge in [0.15, 0.2) is 0 Å². The molecule has 0 aromatic heterocycles. The fraction of sp³-hybridized carbons (Fsp3) is 0.395. The topological polar surface area (TPSA) is 108 Å². The molecule has 1 N–H and O–H groups in total. The number of rotatable bonds is 13. The highest BCUT2D eigenvalue weighted by atomic mass is 16.6. The van der Waals surface area contributed by atoms with Crippen molar-refractivity contribution in [2.24, 2.45) is 4.99 Å². The van der Waals surface area contributed by atoms with Crippen molar-refractivity contribution < 1.29 is 14.5 Å². The van der Waals surface area contributed by atoms with E-state index in [0.29, 0.717) is 30.8 Å². The Morgan fingerprint density at radius 3 is 2.13 bits per heavy atom. The van der Waals surface area contributed by atoms with E-state index in [-0.39, 0.29) is 17.0 Å². The van der Waals surface area contributed by atoms with Gasteiger partial charge in [0.1, 0.15) is 0 Å². The van der Waals surface area contributed by atoms with Gasteiger partial charge in [-0.2, -0.15) is 0 Å². The molecule has 9 nitrogen and oxygen atoms in total. The summed E-state index contributed by atoms with van der Waals surface area (Å²) in [6, 6.07) is 27.5. The first-order chi connectivity index (χ1) is 22.8. The predicted octanol–water partition coefficient (Wildman–Crippen LogP) is 6.60. The van der Waals surface area contributed by atoms with E-state index in [1.807, 2.05) is 20.8 Å². The molecule has 1 fully saturated rings. The van der Waals surface area contributed by atoms with Crippen LogP contribution in [-0.2, 0) is 15.0 Å². The van der Waals surface area contributed by atoms with Gasteiger partial charge in [-0.3, -0.25) is 24.7 Å². The zero-order valence-corrected chi connectivity index (χ0v) is 27.6. The van der Waals surface area contributed by atoms with Crippen LogP contribution in [0.25, 0.3) is 0 Å². The van der Waals surface area contributed by atoms with E-state index in [1.165, 1.54) is 23.3 Å². The van der Waals surface area contributed by atoms with Gasteiger partial charge in [0.2, 0.25) is 12.3 Å². The molecule has 3 aromatic rings. The van der Waals surface area contributed by atoms with Gasteiger partial charge in [0.25, 0.3) is 5.69 Å². The smallest absolute Gasteiger partial charge is 0.269 e. The quantitative estimate of drug-likeness (QED) is 0.129. The normalized spacial score (nSPS) is 19.5. The third-order valence-electron chi connectivity index (χ3n) is 9.72. The van der Waals surface area contributed by atoms with E-state index in [0.717, 1.165) is 56.6 Å². The molecule has 1 saturated heterocycles. The van der Waals surface area contributed by atoms with E-state index in [4.69, 9.17) is 4.99 Å². The first kappa shape index (κ1) is 33.7. The summed E-state index contributed by atoms with van der Waals surface area (Å²) in [5.74, 6) is -0.519. The summed E-state index contributed by atoms with van der Waals surface area (Å²) in [4.78, 5) is 45.5. The van der Waals surface area contributed by atoms with Crippen molar-refractivity contribution in [1.82, 2.24) is 15.1 Å². The molecule has 0 aliphatic carbocycles. The van der Waals surface area contributed by atoms with Crippen molar-refractivity contribution >= 4 is 23.7 Å². The average molecular weight is 636 g/mol. The molecule has 9 heteroatoms. The molecule has 2 aliphatic rings. The summed E-state index contributed by atoms with van der Waals surface area (Å²) in [6.45, 7) is 8.95. The van der Waals surface area contributed by atoms with Crippen LogP contribution in [0.5, 0.6) is 0 Å². The zero-order chi connectivity index (χ0) is 33.4. The zero-order valence-electron chi connectivity index (χ0n) is 27.6. The van der Waals surface area contributed by atoms with Gasteiger partial charge in [0.05, 0.1) is 28.3 Å². The first-order valence-electron chi connectivity index (χ1n) is 16.6. The van der Waals surface area contributed by atoms with Crippen LogP contribution >= 0.6 is 0 Å². The van der Waals surface area contributed by atoms with Crippen LogP contribution < -0.4 is 5.32 Å². The number of piperidine rings is 1. The van der Waals surface area contributed by atoms with Crippen molar-refractivity contribution in [3.05, 3.63) is 123 Å². The molecule has 0 saturated carbocycles. The van der Waals surface area contributed by atoms with Crippen LogP contribution in [0.2, 0.25) is 0 Å². The molecule has 0 bridgehead atoms. The van der Waals surface area contributed by atoms with Gasteiger partial charge in [0, 0.05) is 36.2 Å². The SMILES string of the molecule is CCCC(=O)NC1C(C)=NC(C)=C(N(C=O)CCCN2CCC(c3ccccc3)(c3ccccc3)CC2)C1c1ccc([N+](=O)[O-])cc1. The summed E-state index contributed by atoms with van der Waals surface area (Å²) >= 11 is 0. The number of aliphatic imine (C=N–C) groups is 1. The highest BCUT2D eigenvalue weighted by Gasteiger charge is 2.39. The standard InChI is InChI=1S/C38H45N5O4/c1-4-12-34(45)40-36-28(2)39-29(3)37(35(36)30-17-19-33(20-18-30)43(46)47)42(27-44)24-11-23-41-25-21-38(22-26-41,31-13-7-5-8-14-31)32-15-9-6-10-16-32/h5-10,13-20,27,35-36H,4,11-12,21-26H2,1-3H3,(H,40,45). The minimum absolute atomic E-state index is 0.0129. The second-order valence-electron chi connectivity index (χ2n) is 12.7. The van der Waals surface area contributed by atoms with Crippen molar-refractivity contribution in [3.8, 4) is 0 Å². The lowest BCUT2D eigenvalue weighted by molar-refractivity contribution is -0.384. The second kappa shape index (κ2) is 15.3. The molecule has 2 unspecified atom stereocenters. The summed E-state index contributed by atoms with van der Waals surface area (Å²) < 4.78 is 0. The number of hydrogen-bond donors (Lipinski definition) is 1. The lowest BCUT2D eigenvalue weighted by Crippen LogP contribution is -2.48. The Hall–Kier alpha value is -4.63. The summed E-state index contributed by atoms with van der Waals surface area (Å²) in [6.07, 6.45) is 4.72. The lowest BCUT2D eigenvalue weighted by Gasteiger charge is -2.43. The number of hydrogen-bond acceptors (Lipinski definition) is 6. The molecular formula is C38H45N5O4. The van der Waals surface area contributed by atoms with E-state index >= 15 is 0 Å². The van der Waals surface area contributed by atoms with Gasteiger partial charge in [-0.05, 0) is 75.9 Å². The van der Waals surface area contributed by atoms with Crippen molar-refractivity contribution in [1.29, 1.82) is 0 Å². The maximum Gasteiger partial charge on any atom is 0.269 e.